The second-order valence-corrected chi connectivity index (χ2v) is 3.10. The predicted molar refractivity (Wildman–Crippen MR) is 45.4 cm³/mol. The number of carbonyl (C=O) groups is 1. The molecule has 5 heteroatoms. The summed E-state index contributed by atoms with van der Waals surface area (Å²) in [4.78, 5) is 10.9. The Morgan fingerprint density at radius 3 is 2.62 bits per heavy atom. The molecule has 0 aliphatic heterocycles. The van der Waals surface area contributed by atoms with E-state index in [1.807, 2.05) is 0 Å². The quantitative estimate of drug-likeness (QED) is 0.566. The van der Waals surface area contributed by atoms with E-state index in [-0.39, 0.29) is 4.47 Å². The average molecular weight is 251 g/mol. The Morgan fingerprint density at radius 2 is 2.08 bits per heavy atom. The lowest BCUT2D eigenvalue weighted by molar-refractivity contribution is 0.0594. The minimum Gasteiger partial charge on any atom is -0.465 e. The number of hydrogen-bond acceptors (Lipinski definition) is 2. The second-order valence-electron chi connectivity index (χ2n) is 2.24. The highest BCUT2D eigenvalue weighted by atomic mass is 79.9. The molecule has 0 aliphatic rings. The number of benzene rings is 1. The van der Waals surface area contributed by atoms with E-state index < -0.39 is 23.2 Å². The lowest BCUT2D eigenvalue weighted by Crippen LogP contribution is -2.05. The molecule has 1 aromatic carbocycles. The van der Waals surface area contributed by atoms with Crippen LogP contribution in [0.5, 0.6) is 0 Å². The van der Waals surface area contributed by atoms with Gasteiger partial charge in [-0.2, -0.15) is 0 Å². The van der Waals surface area contributed by atoms with Crippen LogP contribution in [0.3, 0.4) is 0 Å². The Morgan fingerprint density at radius 1 is 1.46 bits per heavy atom. The van der Waals surface area contributed by atoms with Crippen molar-refractivity contribution in [2.75, 3.05) is 7.11 Å². The van der Waals surface area contributed by atoms with Crippen molar-refractivity contribution in [3.05, 3.63) is 33.8 Å². The van der Waals surface area contributed by atoms with Gasteiger partial charge in [0.05, 0.1) is 17.1 Å². The van der Waals surface area contributed by atoms with Gasteiger partial charge in [0.2, 0.25) is 0 Å². The van der Waals surface area contributed by atoms with Gasteiger partial charge >= 0.3 is 5.97 Å². The van der Waals surface area contributed by atoms with Gasteiger partial charge in [-0.15, -0.1) is 0 Å². The molecule has 0 amide bonds. The largest absolute Gasteiger partial charge is 0.465 e. The van der Waals surface area contributed by atoms with Gasteiger partial charge in [-0.1, -0.05) is 0 Å². The Bertz CT molecular complexity index is 352. The lowest BCUT2D eigenvalue weighted by Gasteiger charge is -2.02. The van der Waals surface area contributed by atoms with Crippen molar-refractivity contribution in [2.24, 2.45) is 0 Å². The molecular formula is C8H5BrF2O2. The molecule has 1 aromatic rings. The molecule has 70 valence electrons. The van der Waals surface area contributed by atoms with E-state index in [4.69, 9.17) is 0 Å². The molecule has 0 aromatic heterocycles. The number of esters is 1. The molecule has 0 unspecified atom stereocenters. The maximum Gasteiger partial charge on any atom is 0.340 e. The van der Waals surface area contributed by atoms with Gasteiger partial charge in [-0.25, -0.2) is 13.6 Å². The topological polar surface area (TPSA) is 26.3 Å². The van der Waals surface area contributed by atoms with Crippen LogP contribution >= 0.6 is 15.9 Å². The molecule has 0 radical (unpaired) electrons. The van der Waals surface area contributed by atoms with Gasteiger partial charge in [-0.3, -0.25) is 0 Å². The monoisotopic (exact) mass is 250 g/mol. The Labute approximate surface area is 81.6 Å². The van der Waals surface area contributed by atoms with E-state index in [1.165, 1.54) is 0 Å². The first-order valence-electron chi connectivity index (χ1n) is 3.29. The molecular weight excluding hydrogens is 246 g/mol. The third kappa shape index (κ3) is 2.03. The Kier molecular flexibility index (Phi) is 2.98. The standard InChI is InChI=1S/C8H5BrF2O2/c1-13-8(12)5-2-4(10)3-6(9)7(5)11/h2-3H,1H3. The molecule has 0 fully saturated rings. The van der Waals surface area contributed by atoms with Crippen LogP contribution in [0.2, 0.25) is 0 Å². The van der Waals surface area contributed by atoms with Gasteiger partial charge in [-0.05, 0) is 28.1 Å². The maximum atomic E-state index is 13.1. The summed E-state index contributed by atoms with van der Waals surface area (Å²) in [5.41, 5.74) is -0.422. The fourth-order valence-corrected chi connectivity index (χ4v) is 1.25. The van der Waals surface area contributed by atoms with Crippen molar-refractivity contribution >= 4 is 21.9 Å². The van der Waals surface area contributed by atoms with Gasteiger partial charge < -0.3 is 4.74 Å². The Balaban J connectivity index is 3.28. The lowest BCUT2D eigenvalue weighted by atomic mass is 10.2. The van der Waals surface area contributed by atoms with Crippen LogP contribution in [-0.2, 0) is 4.74 Å². The number of methoxy groups -OCH3 is 1. The predicted octanol–water partition coefficient (Wildman–Crippen LogP) is 2.51. The van der Waals surface area contributed by atoms with Crippen molar-refractivity contribution in [3.63, 3.8) is 0 Å². The molecule has 0 heterocycles. The van der Waals surface area contributed by atoms with Crippen LogP contribution in [0.15, 0.2) is 16.6 Å². The van der Waals surface area contributed by atoms with Crippen molar-refractivity contribution in [1.29, 1.82) is 0 Å². The van der Waals surface area contributed by atoms with Gasteiger partial charge in [0, 0.05) is 0 Å². The molecule has 2 nitrogen and oxygen atoms in total. The molecule has 0 aliphatic carbocycles. The SMILES string of the molecule is COC(=O)c1cc(F)cc(Br)c1F. The summed E-state index contributed by atoms with van der Waals surface area (Å²) in [6, 6.07) is 1.72. The zero-order valence-corrected chi connectivity index (χ0v) is 8.19. The number of hydrogen-bond donors (Lipinski definition) is 0. The first kappa shape index (κ1) is 10.1. The van der Waals surface area contributed by atoms with E-state index in [0.717, 1.165) is 19.2 Å². The summed E-state index contributed by atoms with van der Waals surface area (Å²) in [7, 11) is 1.10. The average Bonchev–Trinajstić information content (AvgIpc) is 2.10. The minimum atomic E-state index is -0.905. The van der Waals surface area contributed by atoms with E-state index in [2.05, 4.69) is 20.7 Å². The summed E-state index contributed by atoms with van der Waals surface area (Å²) in [5, 5.41) is 0. The van der Waals surface area contributed by atoms with Crippen LogP contribution in [-0.4, -0.2) is 13.1 Å². The fourth-order valence-electron chi connectivity index (χ4n) is 0.814. The normalized spacial score (nSPS) is 9.85. The summed E-state index contributed by atoms with van der Waals surface area (Å²) < 4.78 is 30.0. The zero-order chi connectivity index (χ0) is 10.0. The Hall–Kier alpha value is -0.970. The third-order valence-electron chi connectivity index (χ3n) is 1.40. The van der Waals surface area contributed by atoms with Crippen molar-refractivity contribution in [1.82, 2.24) is 0 Å². The molecule has 1 rings (SSSR count). The van der Waals surface area contributed by atoms with Crippen LogP contribution in [0.4, 0.5) is 8.78 Å². The van der Waals surface area contributed by atoms with E-state index in [9.17, 15) is 13.6 Å². The fraction of sp³-hybridized carbons (Fsp3) is 0.125. The molecule has 13 heavy (non-hydrogen) atoms. The number of halogens is 3. The number of rotatable bonds is 1. The summed E-state index contributed by atoms with van der Waals surface area (Å²) in [6.45, 7) is 0. The molecule has 0 saturated heterocycles. The van der Waals surface area contributed by atoms with E-state index in [1.54, 1.807) is 0 Å². The molecule has 0 N–H and O–H groups in total. The summed E-state index contributed by atoms with van der Waals surface area (Å²) in [5.74, 6) is -2.43. The van der Waals surface area contributed by atoms with Crippen LogP contribution in [0.1, 0.15) is 10.4 Å². The van der Waals surface area contributed by atoms with E-state index >= 15 is 0 Å². The van der Waals surface area contributed by atoms with E-state index in [0.29, 0.717) is 0 Å². The van der Waals surface area contributed by atoms with Crippen LogP contribution in [0, 0.1) is 11.6 Å². The highest BCUT2D eigenvalue weighted by Gasteiger charge is 2.16. The van der Waals surface area contributed by atoms with Crippen LogP contribution in [0.25, 0.3) is 0 Å². The summed E-state index contributed by atoms with van der Waals surface area (Å²) in [6.07, 6.45) is 0. The van der Waals surface area contributed by atoms with Crippen molar-refractivity contribution in [2.45, 2.75) is 0 Å². The first-order chi connectivity index (χ1) is 6.06. The smallest absolute Gasteiger partial charge is 0.340 e. The minimum absolute atomic E-state index is 0.104. The first-order valence-corrected chi connectivity index (χ1v) is 4.08. The highest BCUT2D eigenvalue weighted by Crippen LogP contribution is 2.21. The van der Waals surface area contributed by atoms with Gasteiger partial charge in [0.25, 0.3) is 0 Å². The van der Waals surface area contributed by atoms with Crippen LogP contribution < -0.4 is 0 Å². The van der Waals surface area contributed by atoms with Gasteiger partial charge in [0.1, 0.15) is 5.82 Å². The molecule has 0 spiro atoms. The molecule has 0 bridgehead atoms. The second kappa shape index (κ2) is 3.83. The third-order valence-corrected chi connectivity index (χ3v) is 1.98. The number of ether oxygens (including phenoxy) is 1. The highest BCUT2D eigenvalue weighted by molar-refractivity contribution is 9.10. The molecule has 0 atom stereocenters. The van der Waals surface area contributed by atoms with Crippen molar-refractivity contribution in [3.8, 4) is 0 Å². The zero-order valence-electron chi connectivity index (χ0n) is 6.61. The molecule has 0 saturated carbocycles. The summed E-state index contributed by atoms with van der Waals surface area (Å²) >= 11 is 2.77. The van der Waals surface area contributed by atoms with Crippen molar-refractivity contribution < 1.29 is 18.3 Å². The number of carbonyl (C=O) groups excluding carboxylic acids is 1. The maximum absolute atomic E-state index is 13.1. The van der Waals surface area contributed by atoms with Gasteiger partial charge in [0.15, 0.2) is 5.82 Å².